The van der Waals surface area contributed by atoms with Gasteiger partial charge in [0, 0.05) is 30.1 Å². The lowest BCUT2D eigenvalue weighted by Crippen LogP contribution is -2.43. The van der Waals surface area contributed by atoms with E-state index in [4.69, 9.17) is 23.7 Å². The van der Waals surface area contributed by atoms with Gasteiger partial charge in [-0.15, -0.1) is 0 Å². The van der Waals surface area contributed by atoms with Crippen LogP contribution >= 0.6 is 0 Å². The molecule has 2 aromatic rings. The van der Waals surface area contributed by atoms with E-state index in [9.17, 15) is 14.7 Å². The molecule has 0 saturated heterocycles. The van der Waals surface area contributed by atoms with E-state index in [2.05, 4.69) is 0 Å². The van der Waals surface area contributed by atoms with Crippen LogP contribution in [0.25, 0.3) is 11.1 Å². The number of benzene rings is 2. The zero-order valence-electron chi connectivity index (χ0n) is 20.3. The van der Waals surface area contributed by atoms with Gasteiger partial charge in [-0.2, -0.15) is 0 Å². The van der Waals surface area contributed by atoms with Crippen LogP contribution in [0.4, 0.5) is 0 Å². The van der Waals surface area contributed by atoms with Gasteiger partial charge in [-0.3, -0.25) is 4.79 Å². The number of hydrogen-bond acceptors (Lipinski definition) is 7. The quantitative estimate of drug-likeness (QED) is 0.462. The zero-order chi connectivity index (χ0) is 24.9. The van der Waals surface area contributed by atoms with Crippen LogP contribution in [0.1, 0.15) is 36.2 Å². The molecular weight excluding hydrogens is 440 g/mol. The van der Waals surface area contributed by atoms with E-state index >= 15 is 0 Å². The number of aliphatic carboxylic acids is 1. The number of hydrogen-bond donors (Lipinski definition) is 1. The van der Waals surface area contributed by atoms with Crippen molar-refractivity contribution >= 4 is 11.8 Å². The van der Waals surface area contributed by atoms with E-state index in [1.807, 2.05) is 24.3 Å². The number of carbonyl (C=O) groups is 2. The molecule has 1 unspecified atom stereocenters. The van der Waals surface area contributed by atoms with Crippen molar-refractivity contribution in [3.05, 3.63) is 41.5 Å². The lowest BCUT2D eigenvalue weighted by Gasteiger charge is -2.31. The summed E-state index contributed by atoms with van der Waals surface area (Å²) in [5, 5.41) is 9.74. The molecule has 1 N–H and O–H groups in total. The van der Waals surface area contributed by atoms with Crippen molar-refractivity contribution in [3.8, 4) is 28.4 Å². The van der Waals surface area contributed by atoms with E-state index in [1.54, 1.807) is 19.9 Å². The van der Waals surface area contributed by atoms with Crippen LogP contribution in [0.5, 0.6) is 17.2 Å². The van der Waals surface area contributed by atoms with Crippen LogP contribution < -0.4 is 14.2 Å². The summed E-state index contributed by atoms with van der Waals surface area (Å²) in [5.74, 6) is 0.396. The van der Waals surface area contributed by atoms with Gasteiger partial charge < -0.3 is 28.8 Å². The number of ketones is 1. The van der Waals surface area contributed by atoms with Crippen LogP contribution in [0.3, 0.4) is 0 Å². The highest BCUT2D eigenvalue weighted by atomic mass is 16.6. The van der Waals surface area contributed by atoms with Gasteiger partial charge in [0.25, 0.3) is 0 Å². The molecule has 1 aliphatic rings. The number of fused-ring (bicyclic) bond motifs is 1. The van der Waals surface area contributed by atoms with Gasteiger partial charge >= 0.3 is 5.97 Å². The minimum absolute atomic E-state index is 0.0386. The average Bonchev–Trinajstić information content (AvgIpc) is 3.19. The molecule has 1 atom stereocenters. The first-order valence-corrected chi connectivity index (χ1v) is 11.1. The van der Waals surface area contributed by atoms with Gasteiger partial charge in [0.2, 0.25) is 5.75 Å². The Morgan fingerprint density at radius 1 is 1.00 bits per heavy atom. The van der Waals surface area contributed by atoms with Gasteiger partial charge in [0.15, 0.2) is 23.4 Å². The molecule has 0 bridgehead atoms. The molecule has 0 radical (unpaired) electrons. The van der Waals surface area contributed by atoms with Crippen molar-refractivity contribution in [1.29, 1.82) is 0 Å². The Morgan fingerprint density at radius 2 is 1.74 bits per heavy atom. The minimum atomic E-state index is -1.10. The predicted octanol–water partition coefficient (Wildman–Crippen LogP) is 4.02. The van der Waals surface area contributed by atoms with E-state index in [1.165, 1.54) is 21.3 Å². The second kappa shape index (κ2) is 10.9. The first kappa shape index (κ1) is 25.5. The second-order valence-corrected chi connectivity index (χ2v) is 8.83. The molecule has 2 aromatic carbocycles. The molecule has 0 fully saturated rings. The molecule has 3 rings (SSSR count). The maximum absolute atomic E-state index is 12.1. The van der Waals surface area contributed by atoms with Crippen molar-refractivity contribution in [2.45, 2.75) is 32.8 Å². The number of carbonyl (C=O) groups excluding carboxylic acids is 1. The smallest absolute Gasteiger partial charge is 0.333 e. The third-order valence-electron chi connectivity index (χ3n) is 5.93. The summed E-state index contributed by atoms with van der Waals surface area (Å²) in [6, 6.07) is 9.38. The molecule has 8 heteroatoms. The maximum Gasteiger partial charge on any atom is 0.333 e. The number of carboxylic acid groups (broad SMARTS) is 1. The van der Waals surface area contributed by atoms with Gasteiger partial charge in [0.1, 0.15) is 0 Å². The molecule has 34 heavy (non-hydrogen) atoms. The molecule has 0 amide bonds. The van der Waals surface area contributed by atoms with Gasteiger partial charge in [0.05, 0.1) is 34.0 Å². The third kappa shape index (κ3) is 5.34. The van der Waals surface area contributed by atoms with Gasteiger partial charge in [-0.05, 0) is 29.7 Å². The SMILES string of the molecule is COCCOC(C(=O)O)C(C)(C)COc1c(-c2ccc3c(c2)CCC3=O)ccc(OC)c1OC. The lowest BCUT2D eigenvalue weighted by molar-refractivity contribution is -0.162. The standard InChI is InChI=1S/C26H32O8/c1-26(2,24(25(28)29)33-13-12-30-3)15-34-22-19(9-11-21(31-4)23(22)32-5)17-6-8-18-16(14-17)7-10-20(18)27/h6,8-9,11,14,24H,7,10,12-13,15H2,1-5H3,(H,28,29). The molecule has 0 aromatic heterocycles. The van der Waals surface area contributed by atoms with E-state index in [0.29, 0.717) is 30.1 Å². The molecule has 1 aliphatic carbocycles. The molecule has 0 heterocycles. The summed E-state index contributed by atoms with van der Waals surface area (Å²) >= 11 is 0. The Bertz CT molecular complexity index is 1040. The molecule has 0 spiro atoms. The summed E-state index contributed by atoms with van der Waals surface area (Å²) in [5.41, 5.74) is 2.50. The number of Topliss-reactive ketones (excluding diaryl/α,β-unsaturated/α-hetero) is 1. The Labute approximate surface area is 199 Å². The van der Waals surface area contributed by atoms with E-state index < -0.39 is 17.5 Å². The van der Waals surface area contributed by atoms with Crippen LogP contribution in [0.15, 0.2) is 30.3 Å². The highest BCUT2D eigenvalue weighted by Crippen LogP contribution is 2.46. The normalized spacial score (nSPS) is 14.0. The van der Waals surface area contributed by atoms with Crippen molar-refractivity contribution in [2.24, 2.45) is 5.41 Å². The fourth-order valence-corrected chi connectivity index (χ4v) is 4.11. The van der Waals surface area contributed by atoms with Crippen molar-refractivity contribution in [1.82, 2.24) is 0 Å². The Hall–Kier alpha value is -3.10. The zero-order valence-corrected chi connectivity index (χ0v) is 20.3. The Balaban J connectivity index is 1.96. The molecular formula is C26H32O8. The summed E-state index contributed by atoms with van der Waals surface area (Å²) in [6.07, 6.45) is 0.119. The van der Waals surface area contributed by atoms with Crippen molar-refractivity contribution < 1.29 is 38.4 Å². The number of carboxylic acids is 1. The van der Waals surface area contributed by atoms with Crippen molar-refractivity contribution in [2.75, 3.05) is 41.2 Å². The summed E-state index contributed by atoms with van der Waals surface area (Å²) in [6.45, 7) is 4.02. The Morgan fingerprint density at radius 3 is 2.38 bits per heavy atom. The first-order valence-electron chi connectivity index (χ1n) is 11.1. The minimum Gasteiger partial charge on any atom is -0.493 e. The highest BCUT2D eigenvalue weighted by Gasteiger charge is 2.38. The van der Waals surface area contributed by atoms with Crippen LogP contribution in [0, 0.1) is 5.41 Å². The highest BCUT2D eigenvalue weighted by molar-refractivity contribution is 6.01. The van der Waals surface area contributed by atoms with E-state index in [-0.39, 0.29) is 25.6 Å². The number of rotatable bonds is 12. The third-order valence-corrected chi connectivity index (χ3v) is 5.93. The maximum atomic E-state index is 12.1. The van der Waals surface area contributed by atoms with Gasteiger partial charge in [-0.1, -0.05) is 32.0 Å². The molecule has 8 nitrogen and oxygen atoms in total. The fourth-order valence-electron chi connectivity index (χ4n) is 4.11. The van der Waals surface area contributed by atoms with Gasteiger partial charge in [-0.25, -0.2) is 4.79 Å². The Kier molecular flexibility index (Phi) is 8.17. The summed E-state index contributed by atoms with van der Waals surface area (Å²) in [4.78, 5) is 24.0. The van der Waals surface area contributed by atoms with Crippen LogP contribution in [-0.2, 0) is 20.7 Å². The number of ether oxygens (including phenoxy) is 5. The molecule has 184 valence electrons. The second-order valence-electron chi connectivity index (χ2n) is 8.83. The molecule has 0 aliphatic heterocycles. The number of methoxy groups -OCH3 is 3. The number of aryl methyl sites for hydroxylation is 1. The monoisotopic (exact) mass is 472 g/mol. The first-order chi connectivity index (χ1) is 16.2. The van der Waals surface area contributed by atoms with Crippen LogP contribution in [-0.4, -0.2) is 64.1 Å². The predicted molar refractivity (Wildman–Crippen MR) is 126 cm³/mol. The fraction of sp³-hybridized carbons (Fsp3) is 0.462. The molecule has 0 saturated carbocycles. The average molecular weight is 473 g/mol. The topological polar surface area (TPSA) is 101 Å². The van der Waals surface area contributed by atoms with Crippen molar-refractivity contribution in [3.63, 3.8) is 0 Å². The largest absolute Gasteiger partial charge is 0.493 e. The lowest BCUT2D eigenvalue weighted by atomic mass is 9.87. The summed E-state index contributed by atoms with van der Waals surface area (Å²) < 4.78 is 27.9. The summed E-state index contributed by atoms with van der Waals surface area (Å²) in [7, 11) is 4.59. The van der Waals surface area contributed by atoms with Crippen LogP contribution in [0.2, 0.25) is 0 Å². The van der Waals surface area contributed by atoms with E-state index in [0.717, 1.165) is 22.3 Å².